The summed E-state index contributed by atoms with van der Waals surface area (Å²) in [5.74, 6) is 0.121. The zero-order valence-electron chi connectivity index (χ0n) is 13.5. The van der Waals surface area contributed by atoms with Crippen molar-refractivity contribution in [2.75, 3.05) is 0 Å². The number of oxime groups is 1. The molecule has 3 rings (SSSR count). The van der Waals surface area contributed by atoms with Crippen LogP contribution in [0.5, 0.6) is 0 Å². The molecule has 0 bridgehead atoms. The zero-order valence-corrected chi connectivity index (χ0v) is 13.5. The fourth-order valence-corrected chi connectivity index (χ4v) is 2.15. The lowest BCUT2D eigenvalue weighted by Crippen LogP contribution is -2.02. The van der Waals surface area contributed by atoms with Gasteiger partial charge in [-0.3, -0.25) is 4.79 Å². The molecule has 3 nitrogen and oxygen atoms in total. The number of rotatable bonds is 3. The lowest BCUT2D eigenvalue weighted by Gasteiger charge is -2.03. The van der Waals surface area contributed by atoms with E-state index in [9.17, 15) is 4.79 Å². The molecule has 3 aromatic rings. The first-order valence-corrected chi connectivity index (χ1v) is 7.61. The maximum absolute atomic E-state index is 10.6. The Morgan fingerprint density at radius 1 is 0.667 bits per heavy atom. The minimum absolute atomic E-state index is 0.121. The second-order valence-corrected chi connectivity index (χ2v) is 5.10. The predicted octanol–water partition coefficient (Wildman–Crippen LogP) is 4.80. The molecular formula is C21H19NO2. The molecule has 0 unspecified atom stereocenters. The van der Waals surface area contributed by atoms with Crippen LogP contribution >= 0.6 is 0 Å². The molecule has 0 radical (unpaired) electrons. The quantitative estimate of drug-likeness (QED) is 0.326. The number of hydrogen-bond acceptors (Lipinski definition) is 3. The van der Waals surface area contributed by atoms with E-state index in [1.807, 2.05) is 91.0 Å². The fraction of sp³-hybridized carbons (Fsp3) is 0.0476. The van der Waals surface area contributed by atoms with E-state index >= 15 is 0 Å². The number of nitrogens with zero attached hydrogens (tertiary/aromatic N) is 1. The van der Waals surface area contributed by atoms with Crippen LogP contribution < -0.4 is 0 Å². The van der Waals surface area contributed by atoms with Crippen LogP contribution in [-0.4, -0.2) is 16.7 Å². The molecule has 3 heteroatoms. The van der Waals surface area contributed by atoms with Gasteiger partial charge in [0, 0.05) is 16.7 Å². The van der Waals surface area contributed by atoms with Crippen molar-refractivity contribution in [1.82, 2.24) is 0 Å². The second-order valence-electron chi connectivity index (χ2n) is 5.10. The maximum atomic E-state index is 10.6. The number of carbonyl (C=O) groups excluding carboxylic acids is 1. The minimum atomic E-state index is 0.121. The molecule has 0 amide bonds. The predicted molar refractivity (Wildman–Crippen MR) is 96.8 cm³/mol. The molecule has 0 aliphatic rings. The summed E-state index contributed by atoms with van der Waals surface area (Å²) in [5.41, 5.74) is 3.19. The number of hydrogen-bond donors (Lipinski definition) is 1. The van der Waals surface area contributed by atoms with E-state index in [0.29, 0.717) is 5.71 Å². The van der Waals surface area contributed by atoms with E-state index in [0.717, 1.165) is 16.7 Å². The third-order valence-electron chi connectivity index (χ3n) is 3.37. The average Bonchev–Trinajstić information content (AvgIpc) is 2.65. The van der Waals surface area contributed by atoms with Crippen LogP contribution in [0.15, 0.2) is 96.2 Å². The van der Waals surface area contributed by atoms with Gasteiger partial charge in [-0.2, -0.15) is 0 Å². The maximum Gasteiger partial charge on any atom is 0.159 e. The second kappa shape index (κ2) is 9.06. The summed E-state index contributed by atoms with van der Waals surface area (Å²) >= 11 is 0. The molecule has 0 saturated carbocycles. The summed E-state index contributed by atoms with van der Waals surface area (Å²) in [6.07, 6.45) is 0. The SMILES string of the molecule is CC(=O)c1ccccc1.ON=C(c1ccccc1)c1ccccc1. The van der Waals surface area contributed by atoms with Crippen molar-refractivity contribution in [3.63, 3.8) is 0 Å². The number of carbonyl (C=O) groups is 1. The standard InChI is InChI=1S/C13H11NO.C8H8O/c15-14-13(11-7-3-1-4-8-11)12-9-5-2-6-10-12;1-7(9)8-5-3-2-4-6-8/h1-10,15H;2-6H,1H3. The number of ketones is 1. The molecule has 0 aliphatic carbocycles. The van der Waals surface area contributed by atoms with E-state index in [1.165, 1.54) is 0 Å². The van der Waals surface area contributed by atoms with Gasteiger partial charge in [-0.15, -0.1) is 0 Å². The summed E-state index contributed by atoms with van der Waals surface area (Å²) in [6.45, 7) is 1.56. The number of Topliss-reactive ketones (excluding diaryl/α,β-unsaturated/α-hetero) is 1. The lowest BCUT2D eigenvalue weighted by atomic mass is 10.0. The van der Waals surface area contributed by atoms with Crippen LogP contribution in [0.4, 0.5) is 0 Å². The molecule has 0 aliphatic heterocycles. The highest BCUT2D eigenvalue weighted by molar-refractivity contribution is 6.12. The smallest absolute Gasteiger partial charge is 0.159 e. The van der Waals surface area contributed by atoms with Crippen molar-refractivity contribution >= 4 is 11.5 Å². The van der Waals surface area contributed by atoms with E-state index < -0.39 is 0 Å². The Morgan fingerprint density at radius 2 is 1.00 bits per heavy atom. The first-order chi connectivity index (χ1) is 11.7. The highest BCUT2D eigenvalue weighted by Crippen LogP contribution is 2.09. The molecular weight excluding hydrogens is 298 g/mol. The van der Waals surface area contributed by atoms with Gasteiger partial charge in [0.25, 0.3) is 0 Å². The van der Waals surface area contributed by atoms with Gasteiger partial charge in [0.2, 0.25) is 0 Å². The molecule has 0 aromatic heterocycles. The average molecular weight is 317 g/mol. The zero-order chi connectivity index (χ0) is 17.2. The molecule has 24 heavy (non-hydrogen) atoms. The van der Waals surface area contributed by atoms with Crippen LogP contribution in [0.2, 0.25) is 0 Å². The van der Waals surface area contributed by atoms with Crippen molar-refractivity contribution in [3.05, 3.63) is 108 Å². The highest BCUT2D eigenvalue weighted by atomic mass is 16.4. The van der Waals surface area contributed by atoms with E-state index in [1.54, 1.807) is 6.92 Å². The van der Waals surface area contributed by atoms with Crippen molar-refractivity contribution in [2.24, 2.45) is 5.16 Å². The van der Waals surface area contributed by atoms with Crippen LogP contribution in [0.1, 0.15) is 28.4 Å². The summed E-state index contributed by atoms with van der Waals surface area (Å²) in [7, 11) is 0. The summed E-state index contributed by atoms with van der Waals surface area (Å²) in [4.78, 5) is 10.6. The Morgan fingerprint density at radius 3 is 1.25 bits per heavy atom. The van der Waals surface area contributed by atoms with Crippen molar-refractivity contribution < 1.29 is 10.0 Å². The highest BCUT2D eigenvalue weighted by Gasteiger charge is 2.05. The minimum Gasteiger partial charge on any atom is -0.410 e. The topological polar surface area (TPSA) is 49.7 Å². The first-order valence-electron chi connectivity index (χ1n) is 7.61. The molecule has 0 atom stereocenters. The monoisotopic (exact) mass is 317 g/mol. The Balaban J connectivity index is 0.000000198. The first kappa shape index (κ1) is 17.2. The van der Waals surface area contributed by atoms with Crippen LogP contribution in [0.25, 0.3) is 0 Å². The van der Waals surface area contributed by atoms with Gasteiger partial charge in [0.15, 0.2) is 5.78 Å². The lowest BCUT2D eigenvalue weighted by molar-refractivity contribution is 0.101. The van der Waals surface area contributed by atoms with Crippen LogP contribution in [0, 0.1) is 0 Å². The summed E-state index contributed by atoms with van der Waals surface area (Å²) < 4.78 is 0. The molecule has 0 heterocycles. The molecule has 0 saturated heterocycles. The molecule has 0 fully saturated rings. The summed E-state index contributed by atoms with van der Waals surface area (Å²) in [6, 6.07) is 28.4. The summed E-state index contributed by atoms with van der Waals surface area (Å²) in [5, 5.41) is 12.4. The molecule has 120 valence electrons. The van der Waals surface area contributed by atoms with Gasteiger partial charge in [-0.25, -0.2) is 0 Å². The molecule has 1 N–H and O–H groups in total. The largest absolute Gasteiger partial charge is 0.410 e. The Bertz CT molecular complexity index is 740. The number of benzene rings is 3. The van der Waals surface area contributed by atoms with Gasteiger partial charge in [-0.1, -0.05) is 96.2 Å². The van der Waals surface area contributed by atoms with Gasteiger partial charge in [0.05, 0.1) is 0 Å². The van der Waals surface area contributed by atoms with Crippen molar-refractivity contribution in [3.8, 4) is 0 Å². The van der Waals surface area contributed by atoms with E-state index in [2.05, 4.69) is 5.16 Å². The van der Waals surface area contributed by atoms with Gasteiger partial charge >= 0.3 is 0 Å². The fourth-order valence-electron chi connectivity index (χ4n) is 2.15. The third-order valence-corrected chi connectivity index (χ3v) is 3.37. The van der Waals surface area contributed by atoms with E-state index in [-0.39, 0.29) is 5.78 Å². The Labute approximate surface area is 141 Å². The molecule has 0 spiro atoms. The van der Waals surface area contributed by atoms with Gasteiger partial charge in [0.1, 0.15) is 5.71 Å². The van der Waals surface area contributed by atoms with Crippen LogP contribution in [0.3, 0.4) is 0 Å². The Kier molecular flexibility index (Phi) is 6.47. The van der Waals surface area contributed by atoms with Crippen molar-refractivity contribution in [2.45, 2.75) is 6.92 Å². The van der Waals surface area contributed by atoms with E-state index in [4.69, 9.17) is 5.21 Å². The van der Waals surface area contributed by atoms with Gasteiger partial charge < -0.3 is 5.21 Å². The third kappa shape index (κ3) is 4.92. The normalized spacial score (nSPS) is 9.38. The Hall–Kier alpha value is -3.20. The van der Waals surface area contributed by atoms with Crippen molar-refractivity contribution in [1.29, 1.82) is 0 Å². The molecule has 3 aromatic carbocycles. The van der Waals surface area contributed by atoms with Crippen LogP contribution in [-0.2, 0) is 0 Å². The van der Waals surface area contributed by atoms with Gasteiger partial charge in [-0.05, 0) is 6.92 Å².